The van der Waals surface area contributed by atoms with Gasteiger partial charge in [0.25, 0.3) is 0 Å². The maximum atomic E-state index is 5.94. The van der Waals surface area contributed by atoms with Crippen molar-refractivity contribution in [1.29, 1.82) is 0 Å². The van der Waals surface area contributed by atoms with Crippen molar-refractivity contribution in [3.05, 3.63) is 28.2 Å². The van der Waals surface area contributed by atoms with E-state index in [9.17, 15) is 0 Å². The van der Waals surface area contributed by atoms with E-state index in [4.69, 9.17) is 15.2 Å². The van der Waals surface area contributed by atoms with Crippen LogP contribution in [0.3, 0.4) is 0 Å². The Morgan fingerprint density at radius 2 is 2.39 bits per heavy atom. The van der Waals surface area contributed by atoms with Crippen molar-refractivity contribution in [2.75, 3.05) is 13.2 Å². The van der Waals surface area contributed by atoms with E-state index in [0.717, 1.165) is 35.2 Å². The SMILES string of the molecule is C[C@H](N)c1ccc(Br)cc1OCCC1CCCO1. The minimum absolute atomic E-state index is 0.0177. The van der Waals surface area contributed by atoms with E-state index >= 15 is 0 Å². The molecule has 0 saturated carbocycles. The second kappa shape index (κ2) is 6.55. The van der Waals surface area contributed by atoms with Crippen molar-refractivity contribution in [3.8, 4) is 5.75 Å². The van der Waals surface area contributed by atoms with Gasteiger partial charge in [0.2, 0.25) is 0 Å². The van der Waals surface area contributed by atoms with Crippen molar-refractivity contribution in [3.63, 3.8) is 0 Å². The minimum atomic E-state index is -0.0177. The minimum Gasteiger partial charge on any atom is -0.493 e. The highest BCUT2D eigenvalue weighted by Gasteiger charge is 2.16. The Labute approximate surface area is 117 Å². The molecule has 1 heterocycles. The van der Waals surface area contributed by atoms with Crippen LogP contribution < -0.4 is 10.5 Å². The molecular weight excluding hydrogens is 294 g/mol. The van der Waals surface area contributed by atoms with E-state index in [0.29, 0.717) is 12.7 Å². The number of rotatable bonds is 5. The Morgan fingerprint density at radius 1 is 1.56 bits per heavy atom. The van der Waals surface area contributed by atoms with Crippen LogP contribution in [-0.4, -0.2) is 19.3 Å². The summed E-state index contributed by atoms with van der Waals surface area (Å²) in [5.74, 6) is 0.873. The van der Waals surface area contributed by atoms with Crippen molar-refractivity contribution < 1.29 is 9.47 Å². The van der Waals surface area contributed by atoms with Crippen molar-refractivity contribution in [2.24, 2.45) is 5.73 Å². The summed E-state index contributed by atoms with van der Waals surface area (Å²) in [4.78, 5) is 0. The number of hydrogen-bond acceptors (Lipinski definition) is 3. The highest BCUT2D eigenvalue weighted by atomic mass is 79.9. The van der Waals surface area contributed by atoms with Gasteiger partial charge >= 0.3 is 0 Å². The standard InChI is InChI=1S/C14H20BrNO2/c1-10(16)13-5-4-11(15)9-14(13)18-8-6-12-3-2-7-17-12/h4-5,9-10,12H,2-3,6-8,16H2,1H3/t10-,12?/m0/s1. The lowest BCUT2D eigenvalue weighted by atomic mass is 10.1. The van der Waals surface area contributed by atoms with E-state index < -0.39 is 0 Å². The number of halogens is 1. The first kappa shape index (κ1) is 13.8. The molecule has 0 spiro atoms. The Balaban J connectivity index is 1.92. The van der Waals surface area contributed by atoms with Gasteiger partial charge in [0.05, 0.1) is 12.7 Å². The zero-order chi connectivity index (χ0) is 13.0. The number of benzene rings is 1. The molecule has 2 N–H and O–H groups in total. The van der Waals surface area contributed by atoms with Gasteiger partial charge in [-0.25, -0.2) is 0 Å². The Bertz CT molecular complexity index is 389. The molecule has 1 aliphatic rings. The van der Waals surface area contributed by atoms with Gasteiger partial charge in [-0.1, -0.05) is 22.0 Å². The molecule has 18 heavy (non-hydrogen) atoms. The average molecular weight is 314 g/mol. The van der Waals surface area contributed by atoms with Gasteiger partial charge in [-0.05, 0) is 31.9 Å². The summed E-state index contributed by atoms with van der Waals surface area (Å²) in [6, 6.07) is 5.96. The Hall–Kier alpha value is -0.580. The van der Waals surface area contributed by atoms with Crippen LogP contribution in [0.15, 0.2) is 22.7 Å². The summed E-state index contributed by atoms with van der Waals surface area (Å²) < 4.78 is 12.4. The topological polar surface area (TPSA) is 44.5 Å². The normalized spacial score (nSPS) is 20.9. The second-order valence-electron chi connectivity index (χ2n) is 4.74. The first-order valence-electron chi connectivity index (χ1n) is 6.46. The van der Waals surface area contributed by atoms with Gasteiger partial charge in [0.1, 0.15) is 5.75 Å². The molecule has 1 aromatic carbocycles. The quantitative estimate of drug-likeness (QED) is 0.906. The fourth-order valence-electron chi connectivity index (χ4n) is 2.18. The molecule has 2 atom stereocenters. The molecule has 2 rings (SSSR count). The zero-order valence-electron chi connectivity index (χ0n) is 10.7. The molecule has 100 valence electrons. The van der Waals surface area contributed by atoms with Crippen LogP contribution in [-0.2, 0) is 4.74 Å². The molecule has 1 fully saturated rings. The van der Waals surface area contributed by atoms with Gasteiger partial charge in [0.15, 0.2) is 0 Å². The van der Waals surface area contributed by atoms with E-state index in [-0.39, 0.29) is 6.04 Å². The molecule has 4 heteroatoms. The zero-order valence-corrected chi connectivity index (χ0v) is 12.3. The monoisotopic (exact) mass is 313 g/mol. The van der Waals surface area contributed by atoms with Gasteiger partial charge in [-0.15, -0.1) is 0 Å². The van der Waals surface area contributed by atoms with E-state index in [1.165, 1.54) is 6.42 Å². The fourth-order valence-corrected chi connectivity index (χ4v) is 2.52. The van der Waals surface area contributed by atoms with Crippen LogP contribution in [0.25, 0.3) is 0 Å². The third-order valence-corrected chi connectivity index (χ3v) is 3.68. The fraction of sp³-hybridized carbons (Fsp3) is 0.571. The maximum Gasteiger partial charge on any atom is 0.125 e. The summed E-state index contributed by atoms with van der Waals surface area (Å²) in [6.07, 6.45) is 3.65. The second-order valence-corrected chi connectivity index (χ2v) is 5.66. The molecule has 0 bridgehead atoms. The number of hydrogen-bond donors (Lipinski definition) is 1. The van der Waals surface area contributed by atoms with Crippen molar-refractivity contribution in [1.82, 2.24) is 0 Å². The van der Waals surface area contributed by atoms with Crippen LogP contribution in [0.2, 0.25) is 0 Å². The van der Waals surface area contributed by atoms with Crippen LogP contribution in [0.4, 0.5) is 0 Å². The first-order chi connectivity index (χ1) is 8.66. The van der Waals surface area contributed by atoms with Crippen LogP contribution in [0.1, 0.15) is 37.8 Å². The maximum absolute atomic E-state index is 5.94. The van der Waals surface area contributed by atoms with Gasteiger partial charge in [-0.3, -0.25) is 0 Å². The lowest BCUT2D eigenvalue weighted by Gasteiger charge is -2.16. The van der Waals surface area contributed by atoms with Crippen LogP contribution in [0, 0.1) is 0 Å². The summed E-state index contributed by atoms with van der Waals surface area (Å²) in [6.45, 7) is 3.55. The first-order valence-corrected chi connectivity index (χ1v) is 7.25. The molecule has 0 radical (unpaired) electrons. The lowest BCUT2D eigenvalue weighted by Crippen LogP contribution is -2.13. The summed E-state index contributed by atoms with van der Waals surface area (Å²) in [7, 11) is 0. The van der Waals surface area contributed by atoms with Crippen molar-refractivity contribution in [2.45, 2.75) is 38.3 Å². The van der Waals surface area contributed by atoms with Gasteiger partial charge in [0, 0.05) is 29.1 Å². The predicted molar refractivity (Wildman–Crippen MR) is 75.8 cm³/mol. The highest BCUT2D eigenvalue weighted by Crippen LogP contribution is 2.28. The molecule has 0 aromatic heterocycles. The largest absolute Gasteiger partial charge is 0.493 e. The van der Waals surface area contributed by atoms with Gasteiger partial charge < -0.3 is 15.2 Å². The third-order valence-electron chi connectivity index (χ3n) is 3.19. The number of ether oxygens (including phenoxy) is 2. The molecule has 0 amide bonds. The van der Waals surface area contributed by atoms with E-state index in [1.807, 2.05) is 25.1 Å². The third kappa shape index (κ3) is 3.70. The molecular formula is C14H20BrNO2. The summed E-state index contributed by atoms with van der Waals surface area (Å²) in [5, 5.41) is 0. The van der Waals surface area contributed by atoms with E-state index in [2.05, 4.69) is 15.9 Å². The molecule has 1 aromatic rings. The van der Waals surface area contributed by atoms with Crippen LogP contribution >= 0.6 is 15.9 Å². The molecule has 1 unspecified atom stereocenters. The molecule has 1 saturated heterocycles. The Morgan fingerprint density at radius 3 is 3.06 bits per heavy atom. The Kier molecular flexibility index (Phi) is 5.03. The lowest BCUT2D eigenvalue weighted by molar-refractivity contribution is 0.0901. The molecule has 0 aliphatic carbocycles. The van der Waals surface area contributed by atoms with Crippen LogP contribution in [0.5, 0.6) is 5.75 Å². The average Bonchev–Trinajstić information content (AvgIpc) is 2.82. The molecule has 1 aliphatic heterocycles. The highest BCUT2D eigenvalue weighted by molar-refractivity contribution is 9.10. The summed E-state index contributed by atoms with van der Waals surface area (Å²) in [5.41, 5.74) is 6.99. The summed E-state index contributed by atoms with van der Waals surface area (Å²) >= 11 is 3.46. The predicted octanol–water partition coefficient (Wildman–Crippen LogP) is 3.42. The van der Waals surface area contributed by atoms with Gasteiger partial charge in [-0.2, -0.15) is 0 Å². The number of nitrogens with two attached hydrogens (primary N) is 1. The smallest absolute Gasteiger partial charge is 0.125 e. The van der Waals surface area contributed by atoms with Crippen molar-refractivity contribution >= 4 is 15.9 Å². The van der Waals surface area contributed by atoms with E-state index in [1.54, 1.807) is 0 Å². The molecule has 3 nitrogen and oxygen atoms in total.